The predicted molar refractivity (Wildman–Crippen MR) is 83.0 cm³/mol. The summed E-state index contributed by atoms with van der Waals surface area (Å²) in [6, 6.07) is 11.4. The van der Waals surface area contributed by atoms with Gasteiger partial charge >= 0.3 is 0 Å². The summed E-state index contributed by atoms with van der Waals surface area (Å²) in [5.41, 5.74) is 1.74. The standard InChI is InChI=1S/C16H15BrN2O2/c17-14-4-2-1-3-13(14)15-11-19(9-10-21-15)16(20)12-5-7-18-8-6-12/h1-8,15H,9-11H2/t15-/m1/s1. The molecule has 0 unspecified atom stereocenters. The molecule has 1 aliphatic rings. The summed E-state index contributed by atoms with van der Waals surface area (Å²) < 4.78 is 6.83. The van der Waals surface area contributed by atoms with Crippen molar-refractivity contribution < 1.29 is 9.53 Å². The molecule has 1 aliphatic heterocycles. The molecule has 21 heavy (non-hydrogen) atoms. The number of hydrogen-bond acceptors (Lipinski definition) is 3. The molecule has 1 atom stereocenters. The fourth-order valence-electron chi connectivity index (χ4n) is 2.44. The monoisotopic (exact) mass is 346 g/mol. The van der Waals surface area contributed by atoms with Crippen molar-refractivity contribution in [2.24, 2.45) is 0 Å². The molecule has 1 saturated heterocycles. The highest BCUT2D eigenvalue weighted by molar-refractivity contribution is 9.10. The minimum absolute atomic E-state index is 0.0257. The fourth-order valence-corrected chi connectivity index (χ4v) is 2.98. The van der Waals surface area contributed by atoms with Gasteiger partial charge in [0.05, 0.1) is 13.2 Å². The summed E-state index contributed by atoms with van der Waals surface area (Å²) in [4.78, 5) is 18.3. The summed E-state index contributed by atoms with van der Waals surface area (Å²) in [6.07, 6.45) is 3.18. The second-order valence-electron chi connectivity index (χ2n) is 4.87. The summed E-state index contributed by atoms with van der Waals surface area (Å²) in [7, 11) is 0. The molecule has 0 radical (unpaired) electrons. The quantitative estimate of drug-likeness (QED) is 0.839. The van der Waals surface area contributed by atoms with Gasteiger partial charge in [0.2, 0.25) is 0 Å². The number of nitrogens with zero attached hydrogens (tertiary/aromatic N) is 2. The molecule has 2 heterocycles. The van der Waals surface area contributed by atoms with Gasteiger partial charge in [-0.2, -0.15) is 0 Å². The highest BCUT2D eigenvalue weighted by Gasteiger charge is 2.27. The van der Waals surface area contributed by atoms with Gasteiger partial charge in [-0.15, -0.1) is 0 Å². The average molecular weight is 347 g/mol. The lowest BCUT2D eigenvalue weighted by atomic mass is 10.1. The first-order valence-electron chi connectivity index (χ1n) is 6.81. The van der Waals surface area contributed by atoms with Crippen LogP contribution in [0.2, 0.25) is 0 Å². The number of halogens is 1. The van der Waals surface area contributed by atoms with Gasteiger partial charge < -0.3 is 9.64 Å². The van der Waals surface area contributed by atoms with Crippen molar-refractivity contribution in [3.63, 3.8) is 0 Å². The molecule has 0 bridgehead atoms. The van der Waals surface area contributed by atoms with Gasteiger partial charge in [-0.25, -0.2) is 0 Å². The largest absolute Gasteiger partial charge is 0.370 e. The van der Waals surface area contributed by atoms with Gasteiger partial charge in [0, 0.05) is 29.0 Å². The van der Waals surface area contributed by atoms with E-state index in [4.69, 9.17) is 4.74 Å². The topological polar surface area (TPSA) is 42.4 Å². The lowest BCUT2D eigenvalue weighted by Gasteiger charge is -2.33. The molecule has 0 spiro atoms. The lowest BCUT2D eigenvalue weighted by molar-refractivity contribution is -0.0231. The third-order valence-electron chi connectivity index (χ3n) is 3.53. The van der Waals surface area contributed by atoms with E-state index in [1.165, 1.54) is 0 Å². The number of carbonyl (C=O) groups excluding carboxylic acids is 1. The molecule has 1 aromatic heterocycles. The van der Waals surface area contributed by atoms with Crippen molar-refractivity contribution in [3.05, 3.63) is 64.4 Å². The Hall–Kier alpha value is -1.72. The Kier molecular flexibility index (Phi) is 4.31. The first-order chi connectivity index (χ1) is 10.3. The van der Waals surface area contributed by atoms with Crippen LogP contribution in [-0.2, 0) is 4.74 Å². The van der Waals surface area contributed by atoms with E-state index in [-0.39, 0.29) is 12.0 Å². The molecule has 5 heteroatoms. The van der Waals surface area contributed by atoms with Crippen LogP contribution in [-0.4, -0.2) is 35.5 Å². The Morgan fingerprint density at radius 3 is 2.76 bits per heavy atom. The van der Waals surface area contributed by atoms with Crippen molar-refractivity contribution in [2.75, 3.05) is 19.7 Å². The molecule has 0 N–H and O–H groups in total. The number of pyridine rings is 1. The van der Waals surface area contributed by atoms with Gasteiger partial charge in [-0.3, -0.25) is 9.78 Å². The molecular weight excluding hydrogens is 332 g/mol. The Bertz CT molecular complexity index is 633. The van der Waals surface area contributed by atoms with Crippen LogP contribution >= 0.6 is 15.9 Å². The van der Waals surface area contributed by atoms with Crippen LogP contribution in [0.3, 0.4) is 0 Å². The van der Waals surface area contributed by atoms with Crippen molar-refractivity contribution in [2.45, 2.75) is 6.10 Å². The van der Waals surface area contributed by atoms with E-state index in [1.807, 2.05) is 29.2 Å². The van der Waals surface area contributed by atoms with E-state index < -0.39 is 0 Å². The fraction of sp³-hybridized carbons (Fsp3) is 0.250. The summed E-state index contributed by atoms with van der Waals surface area (Å²) in [5.74, 6) is 0.0257. The van der Waals surface area contributed by atoms with Gasteiger partial charge in [0.1, 0.15) is 6.10 Å². The van der Waals surface area contributed by atoms with Crippen molar-refractivity contribution >= 4 is 21.8 Å². The smallest absolute Gasteiger partial charge is 0.254 e. The maximum absolute atomic E-state index is 12.5. The molecule has 0 aliphatic carbocycles. The van der Waals surface area contributed by atoms with Crippen LogP contribution < -0.4 is 0 Å². The number of hydrogen-bond donors (Lipinski definition) is 0. The van der Waals surface area contributed by atoms with Crippen LogP contribution in [0.25, 0.3) is 0 Å². The first kappa shape index (κ1) is 14.2. The van der Waals surface area contributed by atoms with Crippen molar-refractivity contribution in [1.82, 2.24) is 9.88 Å². The number of amides is 1. The number of aromatic nitrogens is 1. The van der Waals surface area contributed by atoms with Gasteiger partial charge in [-0.05, 0) is 23.8 Å². The van der Waals surface area contributed by atoms with E-state index in [0.29, 0.717) is 25.3 Å². The zero-order valence-corrected chi connectivity index (χ0v) is 13.0. The maximum Gasteiger partial charge on any atom is 0.254 e. The van der Waals surface area contributed by atoms with Gasteiger partial charge in [0.25, 0.3) is 5.91 Å². The molecule has 0 saturated carbocycles. The third-order valence-corrected chi connectivity index (χ3v) is 4.26. The maximum atomic E-state index is 12.5. The molecule has 1 aromatic carbocycles. The van der Waals surface area contributed by atoms with Crippen LogP contribution in [0.5, 0.6) is 0 Å². The summed E-state index contributed by atoms with van der Waals surface area (Å²) in [5, 5.41) is 0. The summed E-state index contributed by atoms with van der Waals surface area (Å²) >= 11 is 3.54. The van der Waals surface area contributed by atoms with E-state index in [0.717, 1.165) is 10.0 Å². The number of rotatable bonds is 2. The zero-order chi connectivity index (χ0) is 14.7. The number of ether oxygens (including phenoxy) is 1. The Labute approximate surface area is 131 Å². The molecule has 1 fully saturated rings. The minimum atomic E-state index is -0.0971. The third kappa shape index (κ3) is 3.14. The summed E-state index contributed by atoms with van der Waals surface area (Å²) in [6.45, 7) is 1.72. The molecule has 3 rings (SSSR count). The second-order valence-corrected chi connectivity index (χ2v) is 5.72. The molecule has 4 nitrogen and oxygen atoms in total. The van der Waals surface area contributed by atoms with E-state index in [2.05, 4.69) is 20.9 Å². The minimum Gasteiger partial charge on any atom is -0.370 e. The van der Waals surface area contributed by atoms with E-state index >= 15 is 0 Å². The van der Waals surface area contributed by atoms with Gasteiger partial charge in [-0.1, -0.05) is 34.1 Å². The van der Waals surface area contributed by atoms with E-state index in [1.54, 1.807) is 24.5 Å². The zero-order valence-electron chi connectivity index (χ0n) is 11.4. The SMILES string of the molecule is O=C(c1ccncc1)N1CCO[C@@H](c2ccccc2Br)C1. The van der Waals surface area contributed by atoms with Crippen LogP contribution in [0.1, 0.15) is 22.0 Å². The highest BCUT2D eigenvalue weighted by atomic mass is 79.9. The Balaban J connectivity index is 1.77. The van der Waals surface area contributed by atoms with Crippen LogP contribution in [0, 0.1) is 0 Å². The normalized spacial score (nSPS) is 18.5. The number of benzene rings is 1. The number of morpholine rings is 1. The van der Waals surface area contributed by atoms with Crippen molar-refractivity contribution in [1.29, 1.82) is 0 Å². The first-order valence-corrected chi connectivity index (χ1v) is 7.60. The Morgan fingerprint density at radius 2 is 2.00 bits per heavy atom. The highest BCUT2D eigenvalue weighted by Crippen LogP contribution is 2.29. The molecule has 1 amide bonds. The Morgan fingerprint density at radius 1 is 1.24 bits per heavy atom. The van der Waals surface area contributed by atoms with Crippen LogP contribution in [0.15, 0.2) is 53.3 Å². The van der Waals surface area contributed by atoms with Crippen molar-refractivity contribution in [3.8, 4) is 0 Å². The second kappa shape index (κ2) is 6.37. The number of carbonyl (C=O) groups is 1. The average Bonchev–Trinajstić information content (AvgIpc) is 2.55. The van der Waals surface area contributed by atoms with E-state index in [9.17, 15) is 4.79 Å². The lowest BCUT2D eigenvalue weighted by Crippen LogP contribution is -2.42. The molecule has 108 valence electrons. The predicted octanol–water partition coefficient (Wildman–Crippen LogP) is 3.06. The molecular formula is C16H15BrN2O2. The molecule has 2 aromatic rings. The van der Waals surface area contributed by atoms with Crippen LogP contribution in [0.4, 0.5) is 0 Å². The van der Waals surface area contributed by atoms with Gasteiger partial charge in [0.15, 0.2) is 0 Å².